The molecule has 110 valence electrons. The van der Waals surface area contributed by atoms with Gasteiger partial charge in [-0.25, -0.2) is 0 Å². The Balaban J connectivity index is 2.21. The molecule has 0 amide bonds. The highest BCUT2D eigenvalue weighted by Gasteiger charge is 2.11. The van der Waals surface area contributed by atoms with Crippen molar-refractivity contribution in [3.8, 4) is 11.5 Å². The fourth-order valence-corrected chi connectivity index (χ4v) is 2.36. The van der Waals surface area contributed by atoms with Crippen LogP contribution in [-0.2, 0) is 6.42 Å². The number of Topliss-reactive ketones (excluding diaryl/α,β-unsaturated/α-hetero) is 1. The average molecular weight is 350 g/mol. The highest BCUT2D eigenvalue weighted by atomic mass is 79.9. The van der Waals surface area contributed by atoms with Crippen LogP contribution in [0.5, 0.6) is 11.5 Å². The second kappa shape index (κ2) is 6.63. The van der Waals surface area contributed by atoms with E-state index in [-0.39, 0.29) is 12.2 Å². The Morgan fingerprint density at radius 2 is 1.81 bits per heavy atom. The lowest BCUT2D eigenvalue weighted by atomic mass is 10.0. The summed E-state index contributed by atoms with van der Waals surface area (Å²) in [5.41, 5.74) is 7.81. The molecule has 2 rings (SSSR count). The zero-order valence-corrected chi connectivity index (χ0v) is 13.4. The topological polar surface area (TPSA) is 61.5 Å². The molecule has 0 bridgehead atoms. The maximum absolute atomic E-state index is 12.3. The van der Waals surface area contributed by atoms with Crippen molar-refractivity contribution in [1.29, 1.82) is 0 Å². The number of halogens is 1. The van der Waals surface area contributed by atoms with Crippen LogP contribution in [0.25, 0.3) is 0 Å². The molecule has 5 heteroatoms. The molecule has 0 unspecified atom stereocenters. The molecule has 0 radical (unpaired) electrons. The van der Waals surface area contributed by atoms with E-state index in [1.54, 1.807) is 38.5 Å². The molecule has 4 nitrogen and oxygen atoms in total. The number of nitrogen functional groups attached to an aromatic ring is 1. The third kappa shape index (κ3) is 3.55. The van der Waals surface area contributed by atoms with Gasteiger partial charge in [0, 0.05) is 22.1 Å². The van der Waals surface area contributed by atoms with Crippen molar-refractivity contribution in [2.75, 3.05) is 20.0 Å². The molecule has 0 fully saturated rings. The van der Waals surface area contributed by atoms with Crippen molar-refractivity contribution in [3.63, 3.8) is 0 Å². The maximum Gasteiger partial charge on any atom is 0.167 e. The molecule has 0 heterocycles. The Bertz CT molecular complexity index is 671. The molecule has 0 saturated carbocycles. The molecular weight excluding hydrogens is 334 g/mol. The van der Waals surface area contributed by atoms with Crippen LogP contribution in [0.2, 0.25) is 0 Å². The van der Waals surface area contributed by atoms with Crippen molar-refractivity contribution < 1.29 is 14.3 Å². The third-order valence-electron chi connectivity index (χ3n) is 3.14. The van der Waals surface area contributed by atoms with Crippen molar-refractivity contribution in [2.45, 2.75) is 6.42 Å². The fourth-order valence-electron chi connectivity index (χ4n) is 1.98. The second-order valence-electron chi connectivity index (χ2n) is 4.53. The van der Waals surface area contributed by atoms with E-state index in [1.807, 2.05) is 12.1 Å². The Hall–Kier alpha value is -2.01. The summed E-state index contributed by atoms with van der Waals surface area (Å²) < 4.78 is 11.1. The van der Waals surface area contributed by atoms with E-state index < -0.39 is 0 Å². The second-order valence-corrected chi connectivity index (χ2v) is 5.38. The van der Waals surface area contributed by atoms with Gasteiger partial charge in [-0.1, -0.05) is 6.07 Å². The number of methoxy groups -OCH3 is 2. The number of anilines is 1. The zero-order chi connectivity index (χ0) is 15.4. The van der Waals surface area contributed by atoms with E-state index in [1.165, 1.54) is 0 Å². The number of rotatable bonds is 5. The van der Waals surface area contributed by atoms with Gasteiger partial charge >= 0.3 is 0 Å². The number of carbonyl (C=O) groups is 1. The molecule has 21 heavy (non-hydrogen) atoms. The van der Waals surface area contributed by atoms with E-state index in [0.29, 0.717) is 22.7 Å². The Kier molecular flexibility index (Phi) is 4.85. The lowest BCUT2D eigenvalue weighted by molar-refractivity contribution is 0.0993. The first-order valence-corrected chi connectivity index (χ1v) is 7.13. The van der Waals surface area contributed by atoms with Gasteiger partial charge < -0.3 is 15.2 Å². The molecule has 0 aromatic heterocycles. The number of carbonyl (C=O) groups excluding carboxylic acids is 1. The van der Waals surface area contributed by atoms with Gasteiger partial charge in [-0.3, -0.25) is 4.79 Å². The molecule has 0 aliphatic rings. The van der Waals surface area contributed by atoms with Gasteiger partial charge in [0.2, 0.25) is 0 Å². The molecule has 0 saturated heterocycles. The number of hydrogen-bond acceptors (Lipinski definition) is 4. The minimum atomic E-state index is 0.0166. The van der Waals surface area contributed by atoms with Crippen LogP contribution < -0.4 is 15.2 Å². The van der Waals surface area contributed by atoms with Crippen molar-refractivity contribution in [3.05, 3.63) is 52.0 Å². The number of hydrogen-bond donors (Lipinski definition) is 1. The molecule has 2 N–H and O–H groups in total. The van der Waals surface area contributed by atoms with Gasteiger partial charge in [-0.05, 0) is 51.8 Å². The Morgan fingerprint density at radius 1 is 1.10 bits per heavy atom. The zero-order valence-electron chi connectivity index (χ0n) is 11.9. The number of benzene rings is 2. The van der Waals surface area contributed by atoms with Crippen molar-refractivity contribution >= 4 is 27.4 Å². The smallest absolute Gasteiger partial charge is 0.167 e. The van der Waals surface area contributed by atoms with Crippen LogP contribution in [0.15, 0.2) is 40.9 Å². The van der Waals surface area contributed by atoms with Gasteiger partial charge in [0.25, 0.3) is 0 Å². The maximum atomic E-state index is 12.3. The van der Waals surface area contributed by atoms with E-state index in [9.17, 15) is 4.79 Å². The summed E-state index contributed by atoms with van der Waals surface area (Å²) in [5, 5.41) is 0. The normalized spacial score (nSPS) is 10.2. The van der Waals surface area contributed by atoms with Crippen molar-refractivity contribution in [1.82, 2.24) is 0 Å². The summed E-state index contributed by atoms with van der Waals surface area (Å²) in [4.78, 5) is 12.3. The molecule has 0 spiro atoms. The van der Waals surface area contributed by atoms with E-state index in [0.717, 1.165) is 10.0 Å². The van der Waals surface area contributed by atoms with Crippen LogP contribution in [-0.4, -0.2) is 20.0 Å². The first kappa shape index (κ1) is 15.4. The standard InChI is InChI=1S/C16H16BrNO3/c1-20-15-6-3-10(8-16(15)21-2)7-14(19)11-4-5-13(18)12(17)9-11/h3-6,8-9H,7,18H2,1-2H3. The third-order valence-corrected chi connectivity index (χ3v) is 3.82. The molecule has 0 aliphatic heterocycles. The minimum Gasteiger partial charge on any atom is -0.493 e. The monoisotopic (exact) mass is 349 g/mol. The van der Waals surface area contributed by atoms with Gasteiger partial charge in [-0.2, -0.15) is 0 Å². The van der Waals surface area contributed by atoms with Gasteiger partial charge in [-0.15, -0.1) is 0 Å². The Morgan fingerprint density at radius 3 is 2.43 bits per heavy atom. The van der Waals surface area contributed by atoms with Crippen LogP contribution >= 0.6 is 15.9 Å². The highest BCUT2D eigenvalue weighted by molar-refractivity contribution is 9.10. The molecular formula is C16H16BrNO3. The van der Waals surface area contributed by atoms with Crippen LogP contribution in [0.3, 0.4) is 0 Å². The fraction of sp³-hybridized carbons (Fsp3) is 0.188. The lowest BCUT2D eigenvalue weighted by Gasteiger charge is -2.09. The summed E-state index contributed by atoms with van der Waals surface area (Å²) >= 11 is 3.33. The summed E-state index contributed by atoms with van der Waals surface area (Å²) in [6.07, 6.45) is 0.288. The van der Waals surface area contributed by atoms with Crippen LogP contribution in [0.1, 0.15) is 15.9 Å². The highest BCUT2D eigenvalue weighted by Crippen LogP contribution is 2.28. The first-order chi connectivity index (χ1) is 10.0. The SMILES string of the molecule is COc1ccc(CC(=O)c2ccc(N)c(Br)c2)cc1OC. The molecule has 0 atom stereocenters. The van der Waals surface area contributed by atoms with E-state index in [4.69, 9.17) is 15.2 Å². The quantitative estimate of drug-likeness (QED) is 0.663. The Labute approximate surface area is 132 Å². The number of ketones is 1. The van der Waals surface area contributed by atoms with Crippen molar-refractivity contribution in [2.24, 2.45) is 0 Å². The molecule has 2 aromatic rings. The van der Waals surface area contributed by atoms with Gasteiger partial charge in [0.05, 0.1) is 14.2 Å². The summed E-state index contributed by atoms with van der Waals surface area (Å²) in [6, 6.07) is 10.6. The number of nitrogens with two attached hydrogens (primary N) is 1. The van der Waals surface area contributed by atoms with Crippen LogP contribution in [0, 0.1) is 0 Å². The average Bonchev–Trinajstić information content (AvgIpc) is 2.49. The predicted octanol–water partition coefficient (Wildman–Crippen LogP) is 3.47. The summed E-state index contributed by atoms with van der Waals surface area (Å²) in [7, 11) is 3.15. The predicted molar refractivity (Wildman–Crippen MR) is 86.1 cm³/mol. The first-order valence-electron chi connectivity index (χ1n) is 6.34. The molecule has 0 aliphatic carbocycles. The number of ether oxygens (including phenoxy) is 2. The lowest BCUT2D eigenvalue weighted by Crippen LogP contribution is -2.04. The largest absolute Gasteiger partial charge is 0.493 e. The van der Waals surface area contributed by atoms with Gasteiger partial charge in [0.1, 0.15) is 0 Å². The minimum absolute atomic E-state index is 0.0166. The van der Waals surface area contributed by atoms with E-state index in [2.05, 4.69) is 15.9 Å². The molecule has 2 aromatic carbocycles. The van der Waals surface area contributed by atoms with E-state index >= 15 is 0 Å². The summed E-state index contributed by atoms with van der Waals surface area (Å²) in [6.45, 7) is 0. The van der Waals surface area contributed by atoms with Gasteiger partial charge in [0.15, 0.2) is 17.3 Å². The summed E-state index contributed by atoms with van der Waals surface area (Å²) in [5.74, 6) is 1.27. The van der Waals surface area contributed by atoms with Crippen LogP contribution in [0.4, 0.5) is 5.69 Å².